The lowest BCUT2D eigenvalue weighted by Gasteiger charge is -2.48. The van der Waals surface area contributed by atoms with Crippen LogP contribution in [0.15, 0.2) is 42.5 Å². The number of carbonyl (C=O) groups is 5. The van der Waals surface area contributed by atoms with E-state index in [4.69, 9.17) is 23.7 Å². The minimum atomic E-state index is -3.92. The van der Waals surface area contributed by atoms with Gasteiger partial charge in [0.1, 0.15) is 12.2 Å². The first-order valence-corrected chi connectivity index (χ1v) is 13.7. The van der Waals surface area contributed by atoms with E-state index in [0.717, 1.165) is 5.56 Å². The molecule has 0 radical (unpaired) electrons. The molecule has 2 heterocycles. The number of carboxylic acids is 3. The van der Waals surface area contributed by atoms with Gasteiger partial charge in [-0.3, -0.25) is 4.79 Å². The summed E-state index contributed by atoms with van der Waals surface area (Å²) in [6.45, 7) is 9.77. The molecule has 15 nitrogen and oxygen atoms in total. The van der Waals surface area contributed by atoms with Crippen molar-refractivity contribution in [2.75, 3.05) is 0 Å². The van der Waals surface area contributed by atoms with Crippen LogP contribution in [0.3, 0.4) is 0 Å². The second-order valence-corrected chi connectivity index (χ2v) is 11.1. The fourth-order valence-corrected chi connectivity index (χ4v) is 5.62. The molecule has 2 aliphatic heterocycles. The van der Waals surface area contributed by atoms with Gasteiger partial charge in [-0.1, -0.05) is 43.8 Å². The number of benzene rings is 1. The molecule has 15 heteroatoms. The zero-order valence-electron chi connectivity index (χ0n) is 24.5. The Morgan fingerprint density at radius 3 is 2.11 bits per heavy atom. The zero-order chi connectivity index (χ0) is 33.2. The summed E-state index contributed by atoms with van der Waals surface area (Å²) >= 11 is 0. The minimum absolute atomic E-state index is 0.230. The fraction of sp³-hybridized carbons (Fsp3) is 0.552. The van der Waals surface area contributed by atoms with Crippen LogP contribution in [-0.2, 0) is 49.3 Å². The summed E-state index contributed by atoms with van der Waals surface area (Å²) in [5.74, 6) is -10.4. The van der Waals surface area contributed by atoms with E-state index in [2.05, 4.69) is 6.58 Å². The first-order valence-electron chi connectivity index (χ1n) is 13.7. The largest absolute Gasteiger partial charge is 0.509 e. The van der Waals surface area contributed by atoms with Gasteiger partial charge in [-0.2, -0.15) is 0 Å². The molecule has 0 amide bonds. The lowest BCUT2D eigenvalue weighted by Crippen LogP contribution is -2.78. The average Bonchev–Trinajstić information content (AvgIpc) is 3.14. The van der Waals surface area contributed by atoms with Gasteiger partial charge in [0.15, 0.2) is 6.10 Å². The highest BCUT2D eigenvalue weighted by Crippen LogP contribution is 2.56. The Hall–Kier alpha value is -4.05. The molecule has 44 heavy (non-hydrogen) atoms. The van der Waals surface area contributed by atoms with E-state index >= 15 is 0 Å². The number of aliphatic hydroxyl groups excluding tert-OH is 1. The third-order valence-electron chi connectivity index (χ3n) is 7.57. The number of aliphatic carboxylic acids is 3. The predicted molar refractivity (Wildman–Crippen MR) is 145 cm³/mol. The highest BCUT2D eigenvalue weighted by atomic mass is 16.8. The Labute approximate surface area is 251 Å². The molecule has 1 aromatic carbocycles. The van der Waals surface area contributed by atoms with Crippen molar-refractivity contribution >= 4 is 30.0 Å². The van der Waals surface area contributed by atoms with E-state index in [1.54, 1.807) is 6.92 Å². The van der Waals surface area contributed by atoms with Crippen molar-refractivity contribution in [3.05, 3.63) is 48.0 Å². The van der Waals surface area contributed by atoms with Crippen LogP contribution in [0.4, 0.5) is 4.79 Å². The Balaban J connectivity index is 2.03. The highest BCUT2D eigenvalue weighted by Gasteiger charge is 2.86. The van der Waals surface area contributed by atoms with E-state index in [1.807, 2.05) is 30.3 Å². The number of esters is 1. The third-order valence-corrected chi connectivity index (χ3v) is 7.57. The molecule has 2 saturated heterocycles. The molecule has 0 aliphatic carbocycles. The summed E-state index contributed by atoms with van der Waals surface area (Å²) < 4.78 is 26.3. The number of carboxylic acid groups (broad SMARTS) is 3. The quantitative estimate of drug-likeness (QED) is 0.154. The van der Waals surface area contributed by atoms with Crippen molar-refractivity contribution in [1.82, 2.24) is 0 Å². The van der Waals surface area contributed by atoms with E-state index in [0.29, 0.717) is 6.42 Å². The molecule has 5 N–H and O–H groups in total. The van der Waals surface area contributed by atoms with Gasteiger partial charge in [0.05, 0.1) is 6.10 Å². The molecular weight excluding hydrogens is 588 g/mol. The zero-order valence-corrected chi connectivity index (χ0v) is 24.5. The standard InChI is InChI=1S/C29H36O15/c1-14(2)40-26(38)42-21-20(31)27(43-22(23(32)33)28(39,24(34)35)29(21,44-27)25(36)37)12-11-15(3)19(41-17(5)30)16(4)13-18-9-7-6-8-10-18/h6-10,14,16,19-22,31,39H,3,11-13H2,1-2,4-5H3,(H,32,33)(H,34,35)(H,36,37)/t16-,19-,20-,21-,22?,27?,28?,29?/m1/s1. The lowest BCUT2D eigenvalue weighted by atomic mass is 9.74. The van der Waals surface area contributed by atoms with Crippen LogP contribution in [0.1, 0.15) is 46.1 Å². The van der Waals surface area contributed by atoms with Crippen LogP contribution in [0.25, 0.3) is 0 Å². The lowest BCUT2D eigenvalue weighted by molar-refractivity contribution is -0.374. The van der Waals surface area contributed by atoms with Crippen molar-refractivity contribution in [3.8, 4) is 0 Å². The maximum Gasteiger partial charge on any atom is 0.509 e. The highest BCUT2D eigenvalue weighted by molar-refractivity contribution is 5.98. The smallest absolute Gasteiger partial charge is 0.479 e. The summed E-state index contributed by atoms with van der Waals surface area (Å²) in [7, 11) is 0. The van der Waals surface area contributed by atoms with Crippen LogP contribution in [0.5, 0.6) is 0 Å². The maximum atomic E-state index is 12.7. The van der Waals surface area contributed by atoms with Gasteiger partial charge in [-0.25, -0.2) is 19.2 Å². The molecule has 0 spiro atoms. The Kier molecular flexibility index (Phi) is 10.1. The van der Waals surface area contributed by atoms with Gasteiger partial charge in [0.2, 0.25) is 17.5 Å². The second kappa shape index (κ2) is 12.9. The van der Waals surface area contributed by atoms with E-state index in [1.165, 1.54) is 20.8 Å². The fourth-order valence-electron chi connectivity index (χ4n) is 5.62. The molecule has 242 valence electrons. The van der Waals surface area contributed by atoms with Crippen LogP contribution >= 0.6 is 0 Å². The molecule has 3 rings (SSSR count). The van der Waals surface area contributed by atoms with Gasteiger partial charge < -0.3 is 49.2 Å². The molecule has 0 saturated carbocycles. The number of rotatable bonds is 13. The maximum absolute atomic E-state index is 12.7. The van der Waals surface area contributed by atoms with Crippen molar-refractivity contribution in [2.24, 2.45) is 5.92 Å². The van der Waals surface area contributed by atoms with Gasteiger partial charge >= 0.3 is 30.0 Å². The normalized spacial score (nSPS) is 30.6. The Morgan fingerprint density at radius 2 is 1.61 bits per heavy atom. The van der Waals surface area contributed by atoms with Crippen LogP contribution < -0.4 is 0 Å². The molecule has 8 atom stereocenters. The SMILES string of the molecule is C=C(CCC12OC(C(=O)O)C(O)(C(=O)O)C(C(=O)O)(O1)[C@H](OC(=O)OC(C)C)[C@H]2O)[C@@H](OC(C)=O)[C@H](C)Cc1ccccc1. The van der Waals surface area contributed by atoms with Crippen LogP contribution in [0.2, 0.25) is 0 Å². The predicted octanol–water partition coefficient (Wildman–Crippen LogP) is 1.27. The van der Waals surface area contributed by atoms with E-state index in [-0.39, 0.29) is 17.9 Å². The Bertz CT molecular complexity index is 1290. The van der Waals surface area contributed by atoms with Crippen LogP contribution in [-0.4, -0.2) is 103 Å². The number of fused-ring (bicyclic) bond motifs is 2. The van der Waals surface area contributed by atoms with Crippen molar-refractivity contribution in [3.63, 3.8) is 0 Å². The Morgan fingerprint density at radius 1 is 1.00 bits per heavy atom. The number of hydrogen-bond acceptors (Lipinski definition) is 12. The number of carbonyl (C=O) groups excluding carboxylic acids is 2. The molecule has 2 aliphatic rings. The molecule has 1 aromatic rings. The molecule has 0 aromatic heterocycles. The summed E-state index contributed by atoms with van der Waals surface area (Å²) in [5.41, 5.74) is -6.36. The summed E-state index contributed by atoms with van der Waals surface area (Å²) in [5, 5.41) is 52.6. The summed E-state index contributed by atoms with van der Waals surface area (Å²) in [6, 6.07) is 9.23. The third kappa shape index (κ3) is 6.13. The molecule has 2 bridgehead atoms. The second-order valence-electron chi connectivity index (χ2n) is 11.1. The van der Waals surface area contributed by atoms with Crippen LogP contribution in [0, 0.1) is 5.92 Å². The first kappa shape index (κ1) is 34.4. The van der Waals surface area contributed by atoms with E-state index < -0.39 is 84.0 Å². The average molecular weight is 625 g/mol. The van der Waals surface area contributed by atoms with Gasteiger partial charge in [0, 0.05) is 19.3 Å². The van der Waals surface area contributed by atoms with Gasteiger partial charge in [0.25, 0.3) is 5.60 Å². The van der Waals surface area contributed by atoms with Crippen molar-refractivity contribution in [2.45, 2.75) is 94.5 Å². The van der Waals surface area contributed by atoms with Gasteiger partial charge in [-0.05, 0) is 37.8 Å². The van der Waals surface area contributed by atoms with Gasteiger partial charge in [-0.15, -0.1) is 0 Å². The molecular formula is C29H36O15. The number of ether oxygens (including phenoxy) is 5. The minimum Gasteiger partial charge on any atom is -0.479 e. The number of aliphatic hydroxyl groups is 2. The van der Waals surface area contributed by atoms with Crippen molar-refractivity contribution < 1.29 is 73.2 Å². The monoisotopic (exact) mass is 624 g/mol. The number of hydrogen-bond donors (Lipinski definition) is 5. The first-order chi connectivity index (χ1) is 20.4. The molecule has 2 fully saturated rings. The topological polar surface area (TPSA) is 233 Å². The summed E-state index contributed by atoms with van der Waals surface area (Å²) in [4.78, 5) is 61.7. The van der Waals surface area contributed by atoms with E-state index in [9.17, 15) is 49.5 Å². The van der Waals surface area contributed by atoms with Crippen molar-refractivity contribution in [1.29, 1.82) is 0 Å². The molecule has 4 unspecified atom stereocenters. The summed E-state index contributed by atoms with van der Waals surface area (Å²) in [6.07, 6.45) is -11.4.